The van der Waals surface area contributed by atoms with Gasteiger partial charge >= 0.3 is 0 Å². The van der Waals surface area contributed by atoms with E-state index in [4.69, 9.17) is 15.2 Å². The molecule has 3 heteroatoms. The topological polar surface area (TPSA) is 44.5 Å². The molecule has 1 aromatic carbocycles. The summed E-state index contributed by atoms with van der Waals surface area (Å²) in [5.41, 5.74) is 7.18. The number of hydrogen-bond acceptors (Lipinski definition) is 3. The van der Waals surface area contributed by atoms with E-state index >= 15 is 0 Å². The fraction of sp³-hybridized carbons (Fsp3) is 0.529. The van der Waals surface area contributed by atoms with Crippen LogP contribution in [0.3, 0.4) is 0 Å². The summed E-state index contributed by atoms with van der Waals surface area (Å²) in [7, 11) is 0. The van der Waals surface area contributed by atoms with Crippen molar-refractivity contribution in [3.63, 3.8) is 0 Å². The Kier molecular flexibility index (Phi) is 7.60. The molecule has 1 rings (SSSR count). The van der Waals surface area contributed by atoms with Gasteiger partial charge in [-0.1, -0.05) is 13.0 Å². The Morgan fingerprint density at radius 2 is 2.00 bits per heavy atom. The molecular weight excluding hydrogens is 250 g/mol. The monoisotopic (exact) mass is 275 g/mol. The van der Waals surface area contributed by atoms with Gasteiger partial charge in [-0.15, -0.1) is 11.8 Å². The number of ether oxygens (including phenoxy) is 2. The third-order valence-electron chi connectivity index (χ3n) is 2.99. The largest absolute Gasteiger partial charge is 0.490 e. The zero-order valence-electron chi connectivity index (χ0n) is 12.7. The molecule has 110 valence electrons. The highest BCUT2D eigenvalue weighted by Gasteiger charge is 2.08. The molecule has 0 aliphatic heterocycles. The van der Waals surface area contributed by atoms with E-state index in [1.165, 1.54) is 5.56 Å². The zero-order valence-corrected chi connectivity index (χ0v) is 12.7. The van der Waals surface area contributed by atoms with E-state index in [0.29, 0.717) is 13.2 Å². The van der Waals surface area contributed by atoms with Crippen molar-refractivity contribution in [2.24, 2.45) is 5.73 Å². The van der Waals surface area contributed by atoms with Gasteiger partial charge < -0.3 is 15.2 Å². The van der Waals surface area contributed by atoms with E-state index in [1.54, 1.807) is 0 Å². The van der Waals surface area contributed by atoms with Gasteiger partial charge in [0, 0.05) is 12.5 Å². The van der Waals surface area contributed by atoms with E-state index in [2.05, 4.69) is 24.8 Å². The summed E-state index contributed by atoms with van der Waals surface area (Å²) >= 11 is 0. The standard InChI is InChI=1S/C17H25NO2/c1-4-7-8-11-20-16-10-9-14(12-15(18)5-2)13-17(16)19-6-3/h9-10,13,15H,5-6,8,11-12,18H2,1-3H3. The Morgan fingerprint density at radius 3 is 2.65 bits per heavy atom. The molecule has 1 aromatic rings. The van der Waals surface area contributed by atoms with Gasteiger partial charge in [0.1, 0.15) is 0 Å². The fourth-order valence-electron chi connectivity index (χ4n) is 1.85. The summed E-state index contributed by atoms with van der Waals surface area (Å²) < 4.78 is 11.4. The highest BCUT2D eigenvalue weighted by molar-refractivity contribution is 5.43. The van der Waals surface area contributed by atoms with Gasteiger partial charge in [-0.05, 0) is 44.4 Å². The zero-order chi connectivity index (χ0) is 14.8. The van der Waals surface area contributed by atoms with Gasteiger partial charge in [0.15, 0.2) is 11.5 Å². The molecular formula is C17H25NO2. The van der Waals surface area contributed by atoms with E-state index in [0.717, 1.165) is 30.8 Å². The van der Waals surface area contributed by atoms with Crippen LogP contribution in [-0.4, -0.2) is 19.3 Å². The maximum absolute atomic E-state index is 5.99. The van der Waals surface area contributed by atoms with E-state index in [9.17, 15) is 0 Å². The second-order valence-electron chi connectivity index (χ2n) is 4.61. The van der Waals surface area contributed by atoms with Gasteiger partial charge in [0.05, 0.1) is 13.2 Å². The minimum absolute atomic E-state index is 0.191. The van der Waals surface area contributed by atoms with Crippen LogP contribution in [0.5, 0.6) is 11.5 Å². The van der Waals surface area contributed by atoms with Crippen molar-refractivity contribution in [1.82, 2.24) is 0 Å². The Morgan fingerprint density at radius 1 is 1.20 bits per heavy atom. The predicted octanol–water partition coefficient (Wildman–Crippen LogP) is 3.16. The van der Waals surface area contributed by atoms with Crippen LogP contribution in [0.15, 0.2) is 18.2 Å². The highest BCUT2D eigenvalue weighted by atomic mass is 16.5. The lowest BCUT2D eigenvalue weighted by Crippen LogP contribution is -2.21. The van der Waals surface area contributed by atoms with Crippen molar-refractivity contribution < 1.29 is 9.47 Å². The number of benzene rings is 1. The molecule has 1 atom stereocenters. The highest BCUT2D eigenvalue weighted by Crippen LogP contribution is 2.29. The van der Waals surface area contributed by atoms with Crippen molar-refractivity contribution in [2.45, 2.75) is 46.1 Å². The van der Waals surface area contributed by atoms with E-state index < -0.39 is 0 Å². The molecule has 0 saturated carbocycles. The first-order valence-electron chi connectivity index (χ1n) is 7.24. The van der Waals surface area contributed by atoms with Crippen molar-refractivity contribution >= 4 is 0 Å². The van der Waals surface area contributed by atoms with Crippen LogP contribution >= 0.6 is 0 Å². The molecule has 0 bridgehead atoms. The quantitative estimate of drug-likeness (QED) is 0.585. The molecule has 1 unspecified atom stereocenters. The van der Waals surface area contributed by atoms with Crippen molar-refractivity contribution in [2.75, 3.05) is 13.2 Å². The van der Waals surface area contributed by atoms with Crippen LogP contribution in [-0.2, 0) is 6.42 Å². The fourth-order valence-corrected chi connectivity index (χ4v) is 1.85. The molecule has 0 heterocycles. The molecule has 2 N–H and O–H groups in total. The summed E-state index contributed by atoms with van der Waals surface area (Å²) in [5, 5.41) is 0. The molecule has 3 nitrogen and oxygen atoms in total. The van der Waals surface area contributed by atoms with Crippen molar-refractivity contribution in [3.8, 4) is 23.3 Å². The lowest BCUT2D eigenvalue weighted by Gasteiger charge is -2.14. The second kappa shape index (κ2) is 9.28. The van der Waals surface area contributed by atoms with Crippen LogP contribution in [0.4, 0.5) is 0 Å². The lowest BCUT2D eigenvalue weighted by molar-refractivity contribution is 0.281. The molecule has 0 radical (unpaired) electrons. The smallest absolute Gasteiger partial charge is 0.161 e. The van der Waals surface area contributed by atoms with E-state index in [-0.39, 0.29) is 6.04 Å². The molecule has 0 amide bonds. The molecule has 0 fully saturated rings. The Bertz CT molecular complexity index is 460. The van der Waals surface area contributed by atoms with Crippen LogP contribution in [0.2, 0.25) is 0 Å². The van der Waals surface area contributed by atoms with E-state index in [1.807, 2.05) is 26.0 Å². The SMILES string of the molecule is CC#CCCOc1ccc(CC(N)CC)cc1OCC. The molecule has 0 saturated heterocycles. The first kappa shape index (κ1) is 16.4. The molecule has 0 aromatic heterocycles. The first-order chi connectivity index (χ1) is 9.71. The minimum Gasteiger partial charge on any atom is -0.490 e. The first-order valence-corrected chi connectivity index (χ1v) is 7.24. The van der Waals surface area contributed by atoms with Gasteiger partial charge in [-0.3, -0.25) is 0 Å². The summed E-state index contributed by atoms with van der Waals surface area (Å²) in [6.07, 6.45) is 2.56. The number of nitrogens with two attached hydrogens (primary N) is 1. The summed E-state index contributed by atoms with van der Waals surface area (Å²) in [5.74, 6) is 7.40. The van der Waals surface area contributed by atoms with Crippen LogP contribution in [0.1, 0.15) is 39.2 Å². The average molecular weight is 275 g/mol. The third kappa shape index (κ3) is 5.54. The maximum Gasteiger partial charge on any atom is 0.161 e. The molecule has 0 spiro atoms. The van der Waals surface area contributed by atoms with Crippen molar-refractivity contribution in [1.29, 1.82) is 0 Å². The predicted molar refractivity (Wildman–Crippen MR) is 83.1 cm³/mol. The second-order valence-corrected chi connectivity index (χ2v) is 4.61. The number of rotatable bonds is 8. The Labute approximate surface area is 122 Å². The summed E-state index contributed by atoms with van der Waals surface area (Å²) in [4.78, 5) is 0. The summed E-state index contributed by atoms with van der Waals surface area (Å²) in [6, 6.07) is 6.23. The van der Waals surface area contributed by atoms with Crippen LogP contribution in [0, 0.1) is 11.8 Å². The molecule has 20 heavy (non-hydrogen) atoms. The summed E-state index contributed by atoms with van der Waals surface area (Å²) in [6.45, 7) is 7.09. The van der Waals surface area contributed by atoms with Gasteiger partial charge in [-0.2, -0.15) is 0 Å². The van der Waals surface area contributed by atoms with Gasteiger partial charge in [0.25, 0.3) is 0 Å². The van der Waals surface area contributed by atoms with Gasteiger partial charge in [-0.25, -0.2) is 0 Å². The maximum atomic E-state index is 5.99. The molecule has 0 aliphatic carbocycles. The number of hydrogen-bond donors (Lipinski definition) is 1. The minimum atomic E-state index is 0.191. The van der Waals surface area contributed by atoms with Gasteiger partial charge in [0.2, 0.25) is 0 Å². The van der Waals surface area contributed by atoms with Crippen LogP contribution in [0.25, 0.3) is 0 Å². The average Bonchev–Trinajstić information content (AvgIpc) is 2.45. The lowest BCUT2D eigenvalue weighted by atomic mass is 10.0. The Balaban J connectivity index is 2.74. The van der Waals surface area contributed by atoms with Crippen molar-refractivity contribution in [3.05, 3.63) is 23.8 Å². The molecule has 0 aliphatic rings. The Hall–Kier alpha value is -1.66. The normalized spacial score (nSPS) is 11.4. The third-order valence-corrected chi connectivity index (χ3v) is 2.99. The van der Waals surface area contributed by atoms with Crippen LogP contribution < -0.4 is 15.2 Å².